The third-order valence-corrected chi connectivity index (χ3v) is 4.07. The van der Waals surface area contributed by atoms with Gasteiger partial charge in [-0.1, -0.05) is 23.7 Å². The molecule has 1 aliphatic rings. The average molecular weight is 290 g/mol. The van der Waals surface area contributed by atoms with E-state index < -0.39 is 0 Å². The minimum atomic E-state index is -0.335. The lowest BCUT2D eigenvalue weighted by atomic mass is 9.95. The van der Waals surface area contributed by atoms with Crippen molar-refractivity contribution in [3.05, 3.63) is 53.1 Å². The van der Waals surface area contributed by atoms with Gasteiger partial charge in [-0.05, 0) is 30.5 Å². The zero-order chi connectivity index (χ0) is 14.0. The highest BCUT2D eigenvalue weighted by Crippen LogP contribution is 2.48. The van der Waals surface area contributed by atoms with Crippen LogP contribution in [0.25, 0.3) is 0 Å². The predicted octanol–water partition coefficient (Wildman–Crippen LogP) is 2.45. The van der Waals surface area contributed by atoms with Gasteiger partial charge in [0.15, 0.2) is 0 Å². The lowest BCUT2D eigenvalue weighted by molar-refractivity contribution is -0.123. The van der Waals surface area contributed by atoms with E-state index in [9.17, 15) is 4.79 Å². The summed E-state index contributed by atoms with van der Waals surface area (Å²) < 4.78 is 0. The molecule has 104 valence electrons. The monoisotopic (exact) mass is 289 g/mol. The van der Waals surface area contributed by atoms with E-state index >= 15 is 0 Å². The highest BCUT2D eigenvalue weighted by molar-refractivity contribution is 6.30. The molecule has 2 aromatic rings. The van der Waals surface area contributed by atoms with Crippen molar-refractivity contribution >= 4 is 17.5 Å². The maximum atomic E-state index is 12.4. The first-order valence-electron chi connectivity index (χ1n) is 6.72. The van der Waals surface area contributed by atoms with Gasteiger partial charge in [0.1, 0.15) is 0 Å². The van der Waals surface area contributed by atoms with Crippen LogP contribution in [0.3, 0.4) is 0 Å². The Morgan fingerprint density at radius 1 is 1.35 bits per heavy atom. The summed E-state index contributed by atoms with van der Waals surface area (Å²) >= 11 is 5.89. The maximum Gasteiger partial charge on any atom is 0.230 e. The molecule has 1 aliphatic carbocycles. The Hall–Kier alpha value is -1.81. The van der Waals surface area contributed by atoms with Crippen LogP contribution in [0.5, 0.6) is 0 Å². The van der Waals surface area contributed by atoms with E-state index in [4.69, 9.17) is 11.6 Å². The van der Waals surface area contributed by atoms with Gasteiger partial charge in [0.2, 0.25) is 5.91 Å². The average Bonchev–Trinajstić information content (AvgIpc) is 3.10. The molecule has 0 radical (unpaired) electrons. The van der Waals surface area contributed by atoms with Crippen molar-refractivity contribution in [3.8, 4) is 0 Å². The summed E-state index contributed by atoms with van der Waals surface area (Å²) in [5, 5.41) is 3.72. The quantitative estimate of drug-likeness (QED) is 0.888. The Bertz CT molecular complexity index is 588. The van der Waals surface area contributed by atoms with E-state index in [1.807, 2.05) is 24.3 Å². The van der Waals surface area contributed by atoms with Crippen LogP contribution in [0.4, 0.5) is 0 Å². The Morgan fingerprint density at radius 2 is 2.10 bits per heavy atom. The number of carbonyl (C=O) groups excluding carboxylic acids is 1. The summed E-state index contributed by atoms with van der Waals surface area (Å²) in [6.45, 7) is 0.621. The normalized spacial score (nSPS) is 15.8. The molecule has 0 unspecified atom stereocenters. The summed E-state index contributed by atoms with van der Waals surface area (Å²) in [5.41, 5.74) is 1.75. The van der Waals surface area contributed by atoms with Crippen LogP contribution in [-0.4, -0.2) is 22.4 Å². The molecule has 5 heteroatoms. The standard InChI is InChI=1S/C15H16ClN3O/c16-12-3-1-11(2-4-12)15(6-7-15)14(20)18-8-5-13-9-17-10-19-13/h1-4,9-10H,5-8H2,(H,17,19)(H,18,20). The molecule has 0 saturated heterocycles. The summed E-state index contributed by atoms with van der Waals surface area (Å²) in [6.07, 6.45) is 6.00. The van der Waals surface area contributed by atoms with E-state index in [1.165, 1.54) is 0 Å². The maximum absolute atomic E-state index is 12.4. The molecule has 1 fully saturated rings. The van der Waals surface area contributed by atoms with Crippen molar-refractivity contribution in [3.63, 3.8) is 0 Å². The molecule has 1 amide bonds. The number of carbonyl (C=O) groups is 1. The zero-order valence-electron chi connectivity index (χ0n) is 11.0. The number of hydrogen-bond acceptors (Lipinski definition) is 2. The molecule has 1 saturated carbocycles. The first-order valence-corrected chi connectivity index (χ1v) is 7.10. The van der Waals surface area contributed by atoms with Crippen LogP contribution in [0.1, 0.15) is 24.1 Å². The van der Waals surface area contributed by atoms with Gasteiger partial charge in [-0.15, -0.1) is 0 Å². The highest BCUT2D eigenvalue weighted by atomic mass is 35.5. The molecule has 0 spiro atoms. The Kier molecular flexibility index (Phi) is 3.49. The third-order valence-electron chi connectivity index (χ3n) is 3.82. The van der Waals surface area contributed by atoms with Gasteiger partial charge in [0.25, 0.3) is 0 Å². The van der Waals surface area contributed by atoms with Crippen molar-refractivity contribution in [1.82, 2.24) is 15.3 Å². The Labute approximate surface area is 122 Å². The minimum absolute atomic E-state index is 0.110. The topological polar surface area (TPSA) is 57.8 Å². The molecule has 0 aliphatic heterocycles. The van der Waals surface area contributed by atoms with Crippen molar-refractivity contribution in [1.29, 1.82) is 0 Å². The smallest absolute Gasteiger partial charge is 0.230 e. The largest absolute Gasteiger partial charge is 0.355 e. The van der Waals surface area contributed by atoms with Gasteiger partial charge in [-0.2, -0.15) is 0 Å². The molecule has 20 heavy (non-hydrogen) atoms. The van der Waals surface area contributed by atoms with Crippen molar-refractivity contribution in [2.24, 2.45) is 0 Å². The number of benzene rings is 1. The van der Waals surface area contributed by atoms with Gasteiger partial charge in [-0.25, -0.2) is 4.98 Å². The number of aromatic nitrogens is 2. The number of hydrogen-bond donors (Lipinski definition) is 2. The van der Waals surface area contributed by atoms with Crippen LogP contribution < -0.4 is 5.32 Å². The number of nitrogens with zero attached hydrogens (tertiary/aromatic N) is 1. The molecular weight excluding hydrogens is 274 g/mol. The van der Waals surface area contributed by atoms with Crippen molar-refractivity contribution in [2.45, 2.75) is 24.7 Å². The Morgan fingerprint density at radius 3 is 2.70 bits per heavy atom. The minimum Gasteiger partial charge on any atom is -0.355 e. The number of amides is 1. The fraction of sp³-hybridized carbons (Fsp3) is 0.333. The molecule has 0 atom stereocenters. The number of halogens is 1. The Balaban J connectivity index is 1.60. The SMILES string of the molecule is O=C(NCCc1cnc[nH]1)C1(c2ccc(Cl)cc2)CC1. The number of aromatic amines is 1. The summed E-state index contributed by atoms with van der Waals surface area (Å²) in [7, 11) is 0. The molecule has 1 aromatic carbocycles. The number of H-pyrrole nitrogens is 1. The molecule has 4 nitrogen and oxygen atoms in total. The summed E-state index contributed by atoms with van der Waals surface area (Å²) in [6, 6.07) is 7.58. The molecule has 2 N–H and O–H groups in total. The van der Waals surface area contributed by atoms with Crippen LogP contribution in [0, 0.1) is 0 Å². The summed E-state index contributed by atoms with van der Waals surface area (Å²) in [4.78, 5) is 19.4. The second-order valence-electron chi connectivity index (χ2n) is 5.17. The van der Waals surface area contributed by atoms with Gasteiger partial charge in [0.05, 0.1) is 11.7 Å². The van der Waals surface area contributed by atoms with Crippen molar-refractivity contribution in [2.75, 3.05) is 6.54 Å². The van der Waals surface area contributed by atoms with E-state index in [2.05, 4.69) is 15.3 Å². The third kappa shape index (κ3) is 2.56. The van der Waals surface area contributed by atoms with Crippen LogP contribution in [0.2, 0.25) is 5.02 Å². The van der Waals surface area contributed by atoms with Crippen LogP contribution in [0.15, 0.2) is 36.8 Å². The van der Waals surface area contributed by atoms with Crippen LogP contribution in [-0.2, 0) is 16.6 Å². The number of imidazole rings is 1. The van der Waals surface area contributed by atoms with E-state index in [0.29, 0.717) is 11.6 Å². The summed E-state index contributed by atoms with van der Waals surface area (Å²) in [5.74, 6) is 0.110. The second kappa shape index (κ2) is 5.29. The number of nitrogens with one attached hydrogen (secondary N) is 2. The fourth-order valence-corrected chi connectivity index (χ4v) is 2.57. The zero-order valence-corrected chi connectivity index (χ0v) is 11.8. The van der Waals surface area contributed by atoms with Gasteiger partial charge >= 0.3 is 0 Å². The van der Waals surface area contributed by atoms with E-state index in [-0.39, 0.29) is 11.3 Å². The van der Waals surface area contributed by atoms with E-state index in [1.54, 1.807) is 12.5 Å². The molecule has 1 aromatic heterocycles. The van der Waals surface area contributed by atoms with Gasteiger partial charge < -0.3 is 10.3 Å². The molecule has 1 heterocycles. The first kappa shape index (κ1) is 13.2. The molecular formula is C15H16ClN3O. The van der Waals surface area contributed by atoms with Gasteiger partial charge in [0, 0.05) is 29.9 Å². The predicted molar refractivity (Wildman–Crippen MR) is 77.7 cm³/mol. The molecule has 0 bridgehead atoms. The van der Waals surface area contributed by atoms with Crippen LogP contribution >= 0.6 is 11.6 Å². The lowest BCUT2D eigenvalue weighted by Crippen LogP contribution is -2.35. The highest BCUT2D eigenvalue weighted by Gasteiger charge is 2.50. The fourth-order valence-electron chi connectivity index (χ4n) is 2.44. The first-order chi connectivity index (χ1) is 9.71. The molecule has 3 rings (SSSR count). The second-order valence-corrected chi connectivity index (χ2v) is 5.61. The van der Waals surface area contributed by atoms with E-state index in [0.717, 1.165) is 30.5 Å². The van der Waals surface area contributed by atoms with Gasteiger partial charge in [-0.3, -0.25) is 4.79 Å². The number of rotatable bonds is 5. The van der Waals surface area contributed by atoms with Crippen molar-refractivity contribution < 1.29 is 4.79 Å². The lowest BCUT2D eigenvalue weighted by Gasteiger charge is -2.15.